The summed E-state index contributed by atoms with van der Waals surface area (Å²) in [6.07, 6.45) is 0.180. The molecule has 1 N–H and O–H groups in total. The largest absolute Gasteiger partial charge is 0.395 e. The Bertz CT molecular complexity index is 362. The SMILES string of the molecule is N#CC(CO)Cc1cc(Cl)ccc1F. The standard InChI is InChI=1S/C10H9ClFNO/c11-9-1-2-10(12)8(4-9)3-7(5-13)6-14/h1-2,4,7,14H,3,6H2. The summed E-state index contributed by atoms with van der Waals surface area (Å²) < 4.78 is 13.2. The fraction of sp³-hybridized carbons (Fsp3) is 0.300. The number of aliphatic hydroxyl groups excluding tert-OH is 1. The topological polar surface area (TPSA) is 44.0 Å². The van der Waals surface area contributed by atoms with Crippen LogP contribution in [0.25, 0.3) is 0 Å². The van der Waals surface area contributed by atoms with E-state index in [1.54, 1.807) is 0 Å². The van der Waals surface area contributed by atoms with Crippen molar-refractivity contribution in [3.8, 4) is 6.07 Å². The highest BCUT2D eigenvalue weighted by atomic mass is 35.5. The van der Waals surface area contributed by atoms with Crippen LogP contribution in [0.1, 0.15) is 5.56 Å². The number of nitriles is 1. The smallest absolute Gasteiger partial charge is 0.126 e. The summed E-state index contributed by atoms with van der Waals surface area (Å²) in [5, 5.41) is 17.8. The van der Waals surface area contributed by atoms with E-state index < -0.39 is 11.7 Å². The average molecular weight is 214 g/mol. The fourth-order valence-corrected chi connectivity index (χ4v) is 1.31. The number of nitrogens with zero attached hydrogens (tertiary/aromatic N) is 1. The Kier molecular flexibility index (Phi) is 3.87. The molecule has 1 rings (SSSR count). The van der Waals surface area contributed by atoms with E-state index in [9.17, 15) is 4.39 Å². The third-order valence-corrected chi connectivity index (χ3v) is 2.11. The van der Waals surface area contributed by atoms with Crippen molar-refractivity contribution in [2.75, 3.05) is 6.61 Å². The molecule has 2 nitrogen and oxygen atoms in total. The molecular formula is C10H9ClFNO. The lowest BCUT2D eigenvalue weighted by molar-refractivity contribution is 0.255. The number of benzene rings is 1. The first-order valence-electron chi connectivity index (χ1n) is 4.11. The van der Waals surface area contributed by atoms with Crippen LogP contribution in [0.15, 0.2) is 18.2 Å². The van der Waals surface area contributed by atoms with Gasteiger partial charge in [-0.3, -0.25) is 0 Å². The van der Waals surface area contributed by atoms with Crippen molar-refractivity contribution in [1.29, 1.82) is 5.26 Å². The molecule has 0 aliphatic carbocycles. The molecule has 0 saturated carbocycles. The lowest BCUT2D eigenvalue weighted by Gasteiger charge is -2.06. The van der Waals surface area contributed by atoms with Gasteiger partial charge in [0, 0.05) is 5.02 Å². The molecule has 0 aliphatic rings. The molecule has 0 aromatic heterocycles. The summed E-state index contributed by atoms with van der Waals surface area (Å²) >= 11 is 5.67. The van der Waals surface area contributed by atoms with Crippen molar-refractivity contribution in [3.63, 3.8) is 0 Å². The maximum absolute atomic E-state index is 13.2. The van der Waals surface area contributed by atoms with Crippen molar-refractivity contribution in [2.45, 2.75) is 6.42 Å². The predicted molar refractivity (Wildman–Crippen MR) is 51.3 cm³/mol. The van der Waals surface area contributed by atoms with Crippen LogP contribution in [0, 0.1) is 23.1 Å². The Morgan fingerprint density at radius 2 is 2.29 bits per heavy atom. The van der Waals surface area contributed by atoms with Gasteiger partial charge in [-0.2, -0.15) is 5.26 Å². The highest BCUT2D eigenvalue weighted by molar-refractivity contribution is 6.30. The van der Waals surface area contributed by atoms with E-state index in [1.165, 1.54) is 18.2 Å². The Morgan fingerprint density at radius 3 is 2.86 bits per heavy atom. The van der Waals surface area contributed by atoms with Crippen LogP contribution in [-0.4, -0.2) is 11.7 Å². The molecule has 0 fully saturated rings. The summed E-state index contributed by atoms with van der Waals surface area (Å²) in [7, 11) is 0. The van der Waals surface area contributed by atoms with Crippen LogP contribution in [0.2, 0.25) is 5.02 Å². The first-order chi connectivity index (χ1) is 6.67. The fourth-order valence-electron chi connectivity index (χ4n) is 1.12. The summed E-state index contributed by atoms with van der Waals surface area (Å²) in [6.45, 7) is -0.275. The van der Waals surface area contributed by atoms with Crippen LogP contribution in [0.4, 0.5) is 4.39 Å². The highest BCUT2D eigenvalue weighted by Gasteiger charge is 2.10. The summed E-state index contributed by atoms with van der Waals surface area (Å²) in [4.78, 5) is 0. The van der Waals surface area contributed by atoms with E-state index in [4.69, 9.17) is 22.0 Å². The molecule has 0 radical (unpaired) electrons. The van der Waals surface area contributed by atoms with Crippen LogP contribution in [0.5, 0.6) is 0 Å². The van der Waals surface area contributed by atoms with Gasteiger partial charge in [-0.15, -0.1) is 0 Å². The quantitative estimate of drug-likeness (QED) is 0.836. The summed E-state index contributed by atoms with van der Waals surface area (Å²) in [5.41, 5.74) is 0.359. The van der Waals surface area contributed by atoms with Gasteiger partial charge in [-0.25, -0.2) is 4.39 Å². The zero-order valence-corrected chi connectivity index (χ0v) is 8.13. The van der Waals surface area contributed by atoms with E-state index in [2.05, 4.69) is 0 Å². The second kappa shape index (κ2) is 4.94. The molecule has 74 valence electrons. The molecule has 0 saturated heterocycles. The molecule has 0 spiro atoms. The van der Waals surface area contributed by atoms with Crippen molar-refractivity contribution >= 4 is 11.6 Å². The highest BCUT2D eigenvalue weighted by Crippen LogP contribution is 2.17. The molecule has 4 heteroatoms. The first kappa shape index (κ1) is 11.0. The van der Waals surface area contributed by atoms with Crippen LogP contribution in [0.3, 0.4) is 0 Å². The molecule has 0 aliphatic heterocycles. The second-order valence-electron chi connectivity index (χ2n) is 2.95. The Hall–Kier alpha value is -1.11. The molecule has 1 unspecified atom stereocenters. The maximum atomic E-state index is 13.2. The molecule has 1 atom stereocenters. The van der Waals surface area contributed by atoms with E-state index in [-0.39, 0.29) is 13.0 Å². The molecular weight excluding hydrogens is 205 g/mol. The van der Waals surface area contributed by atoms with Gasteiger partial charge < -0.3 is 5.11 Å². The average Bonchev–Trinajstić information content (AvgIpc) is 2.19. The van der Waals surface area contributed by atoms with Crippen LogP contribution in [-0.2, 0) is 6.42 Å². The minimum absolute atomic E-state index is 0.180. The van der Waals surface area contributed by atoms with E-state index in [0.717, 1.165) is 0 Å². The van der Waals surface area contributed by atoms with Gasteiger partial charge in [0.15, 0.2) is 0 Å². The van der Waals surface area contributed by atoms with Crippen molar-refractivity contribution < 1.29 is 9.50 Å². The maximum Gasteiger partial charge on any atom is 0.126 e. The Morgan fingerprint density at radius 1 is 1.57 bits per heavy atom. The zero-order chi connectivity index (χ0) is 10.6. The van der Waals surface area contributed by atoms with Crippen molar-refractivity contribution in [1.82, 2.24) is 0 Å². The number of rotatable bonds is 3. The monoisotopic (exact) mass is 213 g/mol. The molecule has 1 aromatic carbocycles. The predicted octanol–water partition coefficient (Wildman–Crippen LogP) is 2.15. The number of hydrogen-bond donors (Lipinski definition) is 1. The van der Waals surface area contributed by atoms with Crippen LogP contribution >= 0.6 is 11.6 Å². The summed E-state index contributed by atoms with van der Waals surface area (Å²) in [6, 6.07) is 6.05. The lowest BCUT2D eigenvalue weighted by atomic mass is 10.0. The molecule has 0 bridgehead atoms. The Balaban J connectivity index is 2.86. The van der Waals surface area contributed by atoms with Gasteiger partial charge in [0.1, 0.15) is 5.82 Å². The van der Waals surface area contributed by atoms with Crippen LogP contribution < -0.4 is 0 Å². The number of hydrogen-bond acceptors (Lipinski definition) is 2. The second-order valence-corrected chi connectivity index (χ2v) is 3.38. The van der Waals surface area contributed by atoms with E-state index in [1.807, 2.05) is 6.07 Å². The Labute approximate surface area is 86.5 Å². The van der Waals surface area contributed by atoms with Crippen molar-refractivity contribution in [3.05, 3.63) is 34.6 Å². The normalized spacial score (nSPS) is 12.1. The molecule has 1 aromatic rings. The minimum atomic E-state index is -0.581. The lowest BCUT2D eigenvalue weighted by Crippen LogP contribution is -2.08. The molecule has 0 amide bonds. The third-order valence-electron chi connectivity index (χ3n) is 1.88. The van der Waals surface area contributed by atoms with Gasteiger partial charge in [0.25, 0.3) is 0 Å². The van der Waals surface area contributed by atoms with E-state index >= 15 is 0 Å². The molecule has 0 heterocycles. The first-order valence-corrected chi connectivity index (χ1v) is 4.49. The van der Waals surface area contributed by atoms with Gasteiger partial charge in [-0.05, 0) is 30.2 Å². The third kappa shape index (κ3) is 2.69. The zero-order valence-electron chi connectivity index (χ0n) is 7.37. The molecule has 14 heavy (non-hydrogen) atoms. The summed E-state index contributed by atoms with van der Waals surface area (Å²) in [5.74, 6) is -0.980. The number of aliphatic hydroxyl groups is 1. The van der Waals surface area contributed by atoms with Crippen molar-refractivity contribution in [2.24, 2.45) is 5.92 Å². The van der Waals surface area contributed by atoms with Gasteiger partial charge in [0.05, 0.1) is 18.6 Å². The van der Waals surface area contributed by atoms with E-state index in [0.29, 0.717) is 10.6 Å². The van der Waals surface area contributed by atoms with Gasteiger partial charge >= 0.3 is 0 Å². The minimum Gasteiger partial charge on any atom is -0.395 e. The number of halogens is 2. The van der Waals surface area contributed by atoms with Gasteiger partial charge in [-0.1, -0.05) is 11.6 Å². The van der Waals surface area contributed by atoms with Gasteiger partial charge in [0.2, 0.25) is 0 Å².